The van der Waals surface area contributed by atoms with Gasteiger partial charge in [0.05, 0.1) is 5.38 Å². The first-order chi connectivity index (χ1) is 9.56. The summed E-state index contributed by atoms with van der Waals surface area (Å²) in [5.41, 5.74) is 3.94. The van der Waals surface area contributed by atoms with Gasteiger partial charge in [0.1, 0.15) is 11.6 Å². The first-order valence-electron chi connectivity index (χ1n) is 6.77. The monoisotopic (exact) mass is 292 g/mol. The maximum atomic E-state index is 14.0. The summed E-state index contributed by atoms with van der Waals surface area (Å²) >= 11 is 6.36. The second-order valence-electron chi connectivity index (χ2n) is 5.37. The Bertz CT molecular complexity index is 664. The topological polar surface area (TPSA) is 0 Å². The Kier molecular flexibility index (Phi) is 3.51. The molecule has 0 saturated heterocycles. The Labute approximate surface area is 122 Å². The summed E-state index contributed by atoms with van der Waals surface area (Å²) in [6, 6.07) is 8.40. The normalized spacial score (nSPS) is 15.2. The predicted octanol–water partition coefficient (Wildman–Crippen LogP) is 5.09. The van der Waals surface area contributed by atoms with E-state index in [2.05, 4.69) is 6.07 Å². The van der Waals surface area contributed by atoms with Gasteiger partial charge in [-0.1, -0.05) is 18.2 Å². The summed E-state index contributed by atoms with van der Waals surface area (Å²) < 4.78 is 27.6. The van der Waals surface area contributed by atoms with Gasteiger partial charge in [-0.15, -0.1) is 11.6 Å². The number of alkyl halides is 1. The molecule has 0 aromatic heterocycles. The van der Waals surface area contributed by atoms with Gasteiger partial charge in [0.25, 0.3) is 0 Å². The van der Waals surface area contributed by atoms with Crippen LogP contribution in [0.1, 0.15) is 39.6 Å². The van der Waals surface area contributed by atoms with Crippen molar-refractivity contribution in [2.24, 2.45) is 0 Å². The van der Waals surface area contributed by atoms with E-state index in [9.17, 15) is 8.78 Å². The highest BCUT2D eigenvalue weighted by molar-refractivity contribution is 6.22. The average Bonchev–Trinajstić information content (AvgIpc) is 2.89. The smallest absolute Gasteiger partial charge is 0.128 e. The van der Waals surface area contributed by atoms with E-state index in [1.807, 2.05) is 12.1 Å². The zero-order chi connectivity index (χ0) is 14.3. The lowest BCUT2D eigenvalue weighted by Gasteiger charge is -2.14. The van der Waals surface area contributed by atoms with E-state index < -0.39 is 17.0 Å². The van der Waals surface area contributed by atoms with Crippen molar-refractivity contribution in [3.8, 4) is 0 Å². The van der Waals surface area contributed by atoms with Gasteiger partial charge in [-0.3, -0.25) is 0 Å². The molecular weight excluding hydrogens is 278 g/mol. The Morgan fingerprint density at radius 1 is 1.00 bits per heavy atom. The molecule has 0 aliphatic heterocycles. The van der Waals surface area contributed by atoms with Gasteiger partial charge in [-0.05, 0) is 60.6 Å². The van der Waals surface area contributed by atoms with Crippen molar-refractivity contribution in [3.05, 3.63) is 69.8 Å². The van der Waals surface area contributed by atoms with Crippen LogP contribution in [0, 0.1) is 18.6 Å². The standard InChI is InChI=1S/C17H15ClF2/c1-10-7-16(20)14(9-15(10)19)17(18)13-6-5-11-3-2-4-12(11)8-13/h5-9,17H,2-4H2,1H3. The third-order valence-corrected chi connectivity index (χ3v) is 4.45. The molecular formula is C17H15ClF2. The molecule has 104 valence electrons. The first kappa shape index (κ1) is 13.6. The van der Waals surface area contributed by atoms with Gasteiger partial charge in [-0.25, -0.2) is 8.78 Å². The first-order valence-corrected chi connectivity index (χ1v) is 7.21. The van der Waals surface area contributed by atoms with Crippen molar-refractivity contribution in [3.63, 3.8) is 0 Å². The van der Waals surface area contributed by atoms with Crippen molar-refractivity contribution >= 4 is 11.6 Å². The Morgan fingerprint density at radius 3 is 2.55 bits per heavy atom. The van der Waals surface area contributed by atoms with E-state index in [-0.39, 0.29) is 5.56 Å². The number of rotatable bonds is 2. The van der Waals surface area contributed by atoms with Crippen molar-refractivity contribution in [2.45, 2.75) is 31.6 Å². The van der Waals surface area contributed by atoms with E-state index in [1.165, 1.54) is 23.3 Å². The highest BCUT2D eigenvalue weighted by Gasteiger charge is 2.19. The maximum Gasteiger partial charge on any atom is 0.128 e. The molecule has 0 bridgehead atoms. The van der Waals surface area contributed by atoms with Gasteiger partial charge in [0, 0.05) is 5.56 Å². The van der Waals surface area contributed by atoms with Gasteiger partial charge in [-0.2, -0.15) is 0 Å². The largest absolute Gasteiger partial charge is 0.207 e. The van der Waals surface area contributed by atoms with Crippen LogP contribution in [-0.2, 0) is 12.8 Å². The summed E-state index contributed by atoms with van der Waals surface area (Å²) in [6.45, 7) is 1.54. The van der Waals surface area contributed by atoms with Crippen LogP contribution in [0.3, 0.4) is 0 Å². The second kappa shape index (κ2) is 5.17. The fraction of sp³-hybridized carbons (Fsp3) is 0.294. The minimum Gasteiger partial charge on any atom is -0.207 e. The summed E-state index contributed by atoms with van der Waals surface area (Å²) in [6.07, 6.45) is 3.28. The molecule has 0 nitrogen and oxygen atoms in total. The van der Waals surface area contributed by atoms with E-state index >= 15 is 0 Å². The molecule has 0 fully saturated rings. The molecule has 1 aliphatic rings. The van der Waals surface area contributed by atoms with Crippen LogP contribution in [-0.4, -0.2) is 0 Å². The molecule has 2 aromatic rings. The molecule has 0 heterocycles. The molecule has 0 radical (unpaired) electrons. The lowest BCUT2D eigenvalue weighted by Crippen LogP contribution is -2.00. The fourth-order valence-corrected chi connectivity index (χ4v) is 3.09. The van der Waals surface area contributed by atoms with E-state index in [0.717, 1.165) is 24.8 Å². The van der Waals surface area contributed by atoms with E-state index in [4.69, 9.17) is 11.6 Å². The third kappa shape index (κ3) is 2.33. The number of hydrogen-bond donors (Lipinski definition) is 0. The molecule has 0 saturated carbocycles. The number of fused-ring (bicyclic) bond motifs is 1. The quantitative estimate of drug-likeness (QED) is 0.676. The van der Waals surface area contributed by atoms with E-state index in [0.29, 0.717) is 5.56 Å². The summed E-state index contributed by atoms with van der Waals surface area (Å²) in [7, 11) is 0. The molecule has 0 amide bonds. The molecule has 1 atom stereocenters. The lowest BCUT2D eigenvalue weighted by atomic mass is 9.99. The molecule has 3 heteroatoms. The van der Waals surface area contributed by atoms with Gasteiger partial charge < -0.3 is 0 Å². The molecule has 20 heavy (non-hydrogen) atoms. The van der Waals surface area contributed by atoms with Crippen LogP contribution in [0.25, 0.3) is 0 Å². The molecule has 1 aliphatic carbocycles. The van der Waals surface area contributed by atoms with Gasteiger partial charge in [0.15, 0.2) is 0 Å². The number of halogens is 3. The fourth-order valence-electron chi connectivity index (χ4n) is 2.78. The predicted molar refractivity (Wildman–Crippen MR) is 77.3 cm³/mol. The maximum absolute atomic E-state index is 14.0. The third-order valence-electron chi connectivity index (χ3n) is 3.97. The van der Waals surface area contributed by atoms with Crippen LogP contribution in [0.2, 0.25) is 0 Å². The van der Waals surface area contributed by atoms with Crippen molar-refractivity contribution in [1.82, 2.24) is 0 Å². The van der Waals surface area contributed by atoms with Gasteiger partial charge in [0.2, 0.25) is 0 Å². The zero-order valence-corrected chi connectivity index (χ0v) is 12.0. The van der Waals surface area contributed by atoms with Crippen LogP contribution < -0.4 is 0 Å². The van der Waals surface area contributed by atoms with Crippen LogP contribution in [0.4, 0.5) is 8.78 Å². The van der Waals surface area contributed by atoms with E-state index in [1.54, 1.807) is 6.92 Å². The van der Waals surface area contributed by atoms with Crippen LogP contribution in [0.5, 0.6) is 0 Å². The van der Waals surface area contributed by atoms with Crippen molar-refractivity contribution in [2.75, 3.05) is 0 Å². The molecule has 0 N–H and O–H groups in total. The highest BCUT2D eigenvalue weighted by atomic mass is 35.5. The zero-order valence-electron chi connectivity index (χ0n) is 11.2. The minimum absolute atomic E-state index is 0.202. The molecule has 1 unspecified atom stereocenters. The molecule has 2 aromatic carbocycles. The van der Waals surface area contributed by atoms with Crippen LogP contribution >= 0.6 is 11.6 Å². The number of hydrogen-bond acceptors (Lipinski definition) is 0. The highest BCUT2D eigenvalue weighted by Crippen LogP contribution is 2.34. The van der Waals surface area contributed by atoms with Crippen LogP contribution in [0.15, 0.2) is 30.3 Å². The summed E-state index contributed by atoms with van der Waals surface area (Å²) in [4.78, 5) is 0. The number of benzene rings is 2. The summed E-state index contributed by atoms with van der Waals surface area (Å²) in [5.74, 6) is -0.877. The molecule has 3 rings (SSSR count). The minimum atomic E-state index is -0.656. The van der Waals surface area contributed by atoms with Crippen molar-refractivity contribution < 1.29 is 8.78 Å². The Morgan fingerprint density at radius 2 is 1.75 bits per heavy atom. The van der Waals surface area contributed by atoms with Gasteiger partial charge >= 0.3 is 0 Å². The summed E-state index contributed by atoms with van der Waals surface area (Å²) in [5, 5.41) is -0.656. The van der Waals surface area contributed by atoms with Crippen molar-refractivity contribution in [1.29, 1.82) is 0 Å². The SMILES string of the molecule is Cc1cc(F)c(C(Cl)c2ccc3c(c2)CCC3)cc1F. The molecule has 0 spiro atoms. The Balaban J connectivity index is 2.00. The second-order valence-corrected chi connectivity index (χ2v) is 5.80. The lowest BCUT2D eigenvalue weighted by molar-refractivity contribution is 0.580. The Hall–Kier alpha value is -1.41. The number of aryl methyl sites for hydroxylation is 3. The average molecular weight is 293 g/mol.